The lowest BCUT2D eigenvalue weighted by atomic mass is 9.87. The molecular formula is C23H33N5O. The lowest BCUT2D eigenvalue weighted by Crippen LogP contribution is -2.31. The predicted molar refractivity (Wildman–Crippen MR) is 119 cm³/mol. The lowest BCUT2D eigenvalue weighted by Gasteiger charge is -2.28. The maximum Gasteiger partial charge on any atom is 0.251 e. The number of nitrogens with one attached hydrogen (secondary N) is 2. The molecule has 0 bridgehead atoms. The van der Waals surface area contributed by atoms with E-state index in [0.717, 1.165) is 30.5 Å². The second-order valence-electron chi connectivity index (χ2n) is 8.72. The fourth-order valence-corrected chi connectivity index (χ4v) is 3.52. The minimum atomic E-state index is -0.0554. The summed E-state index contributed by atoms with van der Waals surface area (Å²) in [5.74, 6) is 2.50. The molecule has 0 radical (unpaired) electrons. The standard InChI is InChI=1S/C23H33N5O/c1-17-26-20(16-21(27-17)28-14-6-5-7-15-28)24-12-13-25-22(29)18-8-10-19(11-9-18)23(2,3)4/h8-11,16H,5-7,12-15H2,1-4H3,(H,25,29)(H,24,26,27). The predicted octanol–water partition coefficient (Wildman–Crippen LogP) is 3.91. The van der Waals surface area contributed by atoms with Gasteiger partial charge in [-0.3, -0.25) is 4.79 Å². The zero-order valence-electron chi connectivity index (χ0n) is 18.1. The Morgan fingerprint density at radius 2 is 1.72 bits per heavy atom. The largest absolute Gasteiger partial charge is 0.368 e. The minimum Gasteiger partial charge on any atom is -0.368 e. The Kier molecular flexibility index (Phi) is 6.72. The summed E-state index contributed by atoms with van der Waals surface area (Å²) in [5, 5.41) is 6.27. The van der Waals surface area contributed by atoms with Gasteiger partial charge in [0.1, 0.15) is 17.5 Å². The number of rotatable bonds is 6. The van der Waals surface area contributed by atoms with Gasteiger partial charge in [-0.2, -0.15) is 0 Å². The summed E-state index contributed by atoms with van der Waals surface area (Å²) < 4.78 is 0. The molecule has 2 N–H and O–H groups in total. The molecule has 0 saturated carbocycles. The summed E-state index contributed by atoms with van der Waals surface area (Å²) >= 11 is 0. The Morgan fingerprint density at radius 1 is 1.03 bits per heavy atom. The number of hydrogen-bond donors (Lipinski definition) is 2. The molecule has 156 valence electrons. The third-order valence-corrected chi connectivity index (χ3v) is 5.23. The molecule has 1 aliphatic heterocycles. The van der Waals surface area contributed by atoms with Crippen LogP contribution in [0.1, 0.15) is 61.8 Å². The van der Waals surface area contributed by atoms with Crippen molar-refractivity contribution in [3.05, 3.63) is 47.3 Å². The molecule has 6 nitrogen and oxygen atoms in total. The highest BCUT2D eigenvalue weighted by Crippen LogP contribution is 2.22. The van der Waals surface area contributed by atoms with E-state index >= 15 is 0 Å². The van der Waals surface area contributed by atoms with Gasteiger partial charge in [-0.05, 0) is 49.3 Å². The maximum absolute atomic E-state index is 12.4. The number of aromatic nitrogens is 2. The van der Waals surface area contributed by atoms with Crippen molar-refractivity contribution in [3.63, 3.8) is 0 Å². The Balaban J connectivity index is 1.50. The van der Waals surface area contributed by atoms with E-state index in [9.17, 15) is 4.79 Å². The molecule has 1 amide bonds. The summed E-state index contributed by atoms with van der Waals surface area (Å²) in [5.41, 5.74) is 1.99. The van der Waals surface area contributed by atoms with E-state index < -0.39 is 0 Å². The number of nitrogens with zero attached hydrogens (tertiary/aromatic N) is 3. The highest BCUT2D eigenvalue weighted by molar-refractivity contribution is 5.94. The second kappa shape index (κ2) is 9.25. The van der Waals surface area contributed by atoms with Crippen molar-refractivity contribution < 1.29 is 4.79 Å². The summed E-state index contributed by atoms with van der Waals surface area (Å²) in [6, 6.07) is 9.84. The average molecular weight is 396 g/mol. The van der Waals surface area contributed by atoms with Gasteiger partial charge in [0, 0.05) is 37.8 Å². The molecule has 0 spiro atoms. The van der Waals surface area contributed by atoms with Gasteiger partial charge in [0.15, 0.2) is 0 Å². The molecule has 1 aromatic carbocycles. The van der Waals surface area contributed by atoms with Crippen LogP contribution in [0.25, 0.3) is 0 Å². The molecule has 3 rings (SSSR count). The van der Waals surface area contributed by atoms with Gasteiger partial charge in [-0.25, -0.2) is 9.97 Å². The molecular weight excluding hydrogens is 362 g/mol. The van der Waals surface area contributed by atoms with Gasteiger partial charge < -0.3 is 15.5 Å². The van der Waals surface area contributed by atoms with Crippen molar-refractivity contribution in [2.75, 3.05) is 36.4 Å². The first kappa shape index (κ1) is 21.1. The topological polar surface area (TPSA) is 70.2 Å². The van der Waals surface area contributed by atoms with Crippen LogP contribution in [0.4, 0.5) is 11.6 Å². The minimum absolute atomic E-state index is 0.0554. The van der Waals surface area contributed by atoms with Gasteiger partial charge in [-0.15, -0.1) is 0 Å². The summed E-state index contributed by atoms with van der Waals surface area (Å²) in [6.45, 7) is 11.7. The molecule has 2 heterocycles. The molecule has 1 aliphatic rings. The second-order valence-corrected chi connectivity index (χ2v) is 8.72. The van der Waals surface area contributed by atoms with Crippen molar-refractivity contribution in [1.29, 1.82) is 0 Å². The first-order valence-corrected chi connectivity index (χ1v) is 10.6. The van der Waals surface area contributed by atoms with Gasteiger partial charge in [0.05, 0.1) is 0 Å². The van der Waals surface area contributed by atoms with Crippen molar-refractivity contribution in [2.45, 2.75) is 52.4 Å². The monoisotopic (exact) mass is 395 g/mol. The van der Waals surface area contributed by atoms with Crippen LogP contribution >= 0.6 is 0 Å². The van der Waals surface area contributed by atoms with E-state index in [1.54, 1.807) is 0 Å². The Morgan fingerprint density at radius 3 is 2.38 bits per heavy atom. The lowest BCUT2D eigenvalue weighted by molar-refractivity contribution is 0.0955. The third-order valence-electron chi connectivity index (χ3n) is 5.23. The van der Waals surface area contributed by atoms with E-state index in [1.165, 1.54) is 24.8 Å². The number of aryl methyl sites for hydroxylation is 1. The van der Waals surface area contributed by atoms with E-state index in [0.29, 0.717) is 18.7 Å². The molecule has 0 aliphatic carbocycles. The SMILES string of the molecule is Cc1nc(NCCNC(=O)c2ccc(C(C)(C)C)cc2)cc(N2CCCCC2)n1. The molecule has 0 atom stereocenters. The molecule has 6 heteroatoms. The first-order chi connectivity index (χ1) is 13.8. The quantitative estimate of drug-likeness (QED) is 0.726. The fraction of sp³-hybridized carbons (Fsp3) is 0.522. The number of benzene rings is 1. The fourth-order valence-electron chi connectivity index (χ4n) is 3.52. The molecule has 1 saturated heterocycles. The van der Waals surface area contributed by atoms with Crippen molar-refractivity contribution in [3.8, 4) is 0 Å². The van der Waals surface area contributed by atoms with Gasteiger partial charge in [-0.1, -0.05) is 32.9 Å². The van der Waals surface area contributed by atoms with Crippen LogP contribution in [-0.2, 0) is 5.41 Å². The zero-order valence-corrected chi connectivity index (χ0v) is 18.1. The highest BCUT2D eigenvalue weighted by atomic mass is 16.1. The van der Waals surface area contributed by atoms with E-state index in [1.807, 2.05) is 37.3 Å². The number of carbonyl (C=O) groups excluding carboxylic acids is 1. The molecule has 29 heavy (non-hydrogen) atoms. The number of amides is 1. The third kappa shape index (κ3) is 5.92. The summed E-state index contributed by atoms with van der Waals surface area (Å²) in [6.07, 6.45) is 3.73. The summed E-state index contributed by atoms with van der Waals surface area (Å²) in [7, 11) is 0. The van der Waals surface area contributed by atoms with Crippen LogP contribution in [0.15, 0.2) is 30.3 Å². The molecule has 1 fully saturated rings. The Labute approximate surface area is 174 Å². The van der Waals surface area contributed by atoms with E-state index in [2.05, 4.69) is 46.3 Å². The summed E-state index contributed by atoms with van der Waals surface area (Å²) in [4.78, 5) is 23.7. The maximum atomic E-state index is 12.4. The average Bonchev–Trinajstić information content (AvgIpc) is 2.71. The van der Waals surface area contributed by atoms with Crippen molar-refractivity contribution >= 4 is 17.5 Å². The van der Waals surface area contributed by atoms with Crippen molar-refractivity contribution in [1.82, 2.24) is 15.3 Å². The first-order valence-electron chi connectivity index (χ1n) is 10.6. The normalized spacial score (nSPS) is 14.6. The highest BCUT2D eigenvalue weighted by Gasteiger charge is 2.15. The van der Waals surface area contributed by atoms with Gasteiger partial charge in [0.25, 0.3) is 5.91 Å². The van der Waals surface area contributed by atoms with Crippen LogP contribution < -0.4 is 15.5 Å². The van der Waals surface area contributed by atoms with Gasteiger partial charge >= 0.3 is 0 Å². The number of carbonyl (C=O) groups is 1. The molecule has 1 aromatic heterocycles. The van der Waals surface area contributed by atoms with Crippen LogP contribution in [0.2, 0.25) is 0 Å². The van der Waals surface area contributed by atoms with Crippen molar-refractivity contribution in [2.24, 2.45) is 0 Å². The Bertz CT molecular complexity index is 820. The number of piperidine rings is 1. The number of anilines is 2. The van der Waals surface area contributed by atoms with Crippen LogP contribution in [-0.4, -0.2) is 42.1 Å². The molecule has 0 unspecified atom stereocenters. The molecule has 2 aromatic rings. The van der Waals surface area contributed by atoms with E-state index in [-0.39, 0.29) is 11.3 Å². The number of hydrogen-bond acceptors (Lipinski definition) is 5. The van der Waals surface area contributed by atoms with E-state index in [4.69, 9.17) is 0 Å². The zero-order chi connectivity index (χ0) is 20.9. The van der Waals surface area contributed by atoms with Crippen LogP contribution in [0.3, 0.4) is 0 Å². The Hall–Kier alpha value is -2.63. The van der Waals surface area contributed by atoms with Gasteiger partial charge in [0.2, 0.25) is 0 Å². The smallest absolute Gasteiger partial charge is 0.251 e. The van der Waals surface area contributed by atoms with Crippen LogP contribution in [0.5, 0.6) is 0 Å². The van der Waals surface area contributed by atoms with Crippen LogP contribution in [0, 0.1) is 6.92 Å².